The van der Waals surface area contributed by atoms with Crippen molar-refractivity contribution in [1.29, 1.82) is 0 Å². The molecular formula is C10H14ClNO2. The van der Waals surface area contributed by atoms with Gasteiger partial charge in [-0.15, -0.1) is 11.6 Å². The minimum absolute atomic E-state index is 0.0541. The second-order valence-electron chi connectivity index (χ2n) is 3.18. The summed E-state index contributed by atoms with van der Waals surface area (Å²) in [6.45, 7) is 3.75. The average Bonchev–Trinajstić information content (AvgIpc) is 2.52. The molecule has 14 heavy (non-hydrogen) atoms. The van der Waals surface area contributed by atoms with Crippen molar-refractivity contribution in [3.05, 3.63) is 23.7 Å². The molecule has 0 radical (unpaired) electrons. The number of halogens is 1. The van der Waals surface area contributed by atoms with Crippen LogP contribution in [0.1, 0.15) is 30.9 Å². The molecule has 3 nitrogen and oxygen atoms in total. The third kappa shape index (κ3) is 3.07. The molecule has 1 heterocycles. The summed E-state index contributed by atoms with van der Waals surface area (Å²) in [6.07, 6.45) is 0.339. The molecule has 0 saturated carbocycles. The highest BCUT2D eigenvalue weighted by Gasteiger charge is 2.11. The Morgan fingerprint density at radius 2 is 2.36 bits per heavy atom. The lowest BCUT2D eigenvalue weighted by atomic mass is 10.2. The Bertz CT molecular complexity index is 309. The molecule has 1 rings (SSSR count). The van der Waals surface area contributed by atoms with Crippen molar-refractivity contribution in [2.24, 2.45) is 0 Å². The number of alkyl halides is 1. The molecule has 0 spiro atoms. The number of amides is 1. The Balaban J connectivity index is 2.50. The number of carbonyl (C=O) groups excluding carboxylic acids is 1. The minimum atomic E-state index is -0.0978. The number of furan rings is 1. The molecule has 0 aliphatic carbocycles. The molecule has 0 aliphatic heterocycles. The van der Waals surface area contributed by atoms with Crippen molar-refractivity contribution in [3.8, 4) is 0 Å². The molecule has 0 fully saturated rings. The summed E-state index contributed by atoms with van der Waals surface area (Å²) in [4.78, 5) is 11.2. The van der Waals surface area contributed by atoms with Crippen molar-refractivity contribution < 1.29 is 9.21 Å². The maximum atomic E-state index is 11.2. The van der Waals surface area contributed by atoms with Crippen molar-refractivity contribution in [2.45, 2.75) is 26.3 Å². The van der Waals surface area contributed by atoms with Crippen molar-refractivity contribution >= 4 is 17.5 Å². The van der Waals surface area contributed by atoms with Gasteiger partial charge < -0.3 is 9.73 Å². The minimum Gasteiger partial charge on any atom is -0.464 e. The van der Waals surface area contributed by atoms with Crippen LogP contribution < -0.4 is 5.32 Å². The quantitative estimate of drug-likeness (QED) is 0.784. The first-order valence-corrected chi connectivity index (χ1v) is 5.08. The molecule has 0 bridgehead atoms. The smallest absolute Gasteiger partial charge is 0.221 e. The SMILES string of the molecule is Cc1ccc(C(C)NC(=O)CCCl)o1. The molecule has 4 heteroatoms. The zero-order valence-electron chi connectivity index (χ0n) is 8.34. The first-order chi connectivity index (χ1) is 6.63. The van der Waals surface area contributed by atoms with Gasteiger partial charge in [0.1, 0.15) is 11.5 Å². The van der Waals surface area contributed by atoms with Gasteiger partial charge in [-0.25, -0.2) is 0 Å². The van der Waals surface area contributed by atoms with Crippen molar-refractivity contribution in [1.82, 2.24) is 5.32 Å². The highest BCUT2D eigenvalue weighted by molar-refractivity contribution is 6.18. The van der Waals surface area contributed by atoms with E-state index < -0.39 is 0 Å². The van der Waals surface area contributed by atoms with Crippen molar-refractivity contribution in [2.75, 3.05) is 5.88 Å². The van der Waals surface area contributed by atoms with E-state index in [-0.39, 0.29) is 11.9 Å². The number of hydrogen-bond acceptors (Lipinski definition) is 2. The van der Waals surface area contributed by atoms with E-state index in [1.165, 1.54) is 0 Å². The van der Waals surface area contributed by atoms with Gasteiger partial charge in [0.25, 0.3) is 0 Å². The summed E-state index contributed by atoms with van der Waals surface area (Å²) in [6, 6.07) is 3.64. The second-order valence-corrected chi connectivity index (χ2v) is 3.55. The lowest BCUT2D eigenvalue weighted by Gasteiger charge is -2.10. The molecule has 0 saturated heterocycles. The Morgan fingerprint density at radius 1 is 1.64 bits per heavy atom. The third-order valence-corrected chi connectivity index (χ3v) is 2.08. The van der Waals surface area contributed by atoms with Gasteiger partial charge in [-0.3, -0.25) is 4.79 Å². The Kier molecular flexibility index (Phi) is 4.01. The van der Waals surface area contributed by atoms with Gasteiger partial charge >= 0.3 is 0 Å². The van der Waals surface area contributed by atoms with Crippen LogP contribution in [0.5, 0.6) is 0 Å². The number of rotatable bonds is 4. The van der Waals surface area contributed by atoms with Gasteiger partial charge in [0.15, 0.2) is 0 Å². The summed E-state index contributed by atoms with van der Waals surface area (Å²) in [5, 5.41) is 2.79. The molecular weight excluding hydrogens is 202 g/mol. The maximum absolute atomic E-state index is 11.2. The van der Waals surface area contributed by atoms with E-state index in [2.05, 4.69) is 5.32 Å². The molecule has 1 unspecified atom stereocenters. The summed E-state index contributed by atoms with van der Waals surface area (Å²) in [5.74, 6) is 1.90. The monoisotopic (exact) mass is 215 g/mol. The first kappa shape index (κ1) is 11.1. The van der Waals surface area contributed by atoms with Crippen LogP contribution in [0.4, 0.5) is 0 Å². The summed E-state index contributed by atoms with van der Waals surface area (Å²) in [5.41, 5.74) is 0. The molecule has 1 atom stereocenters. The molecule has 0 aromatic carbocycles. The van der Waals surface area contributed by atoms with Gasteiger partial charge in [-0.1, -0.05) is 0 Å². The Morgan fingerprint density at radius 3 is 2.86 bits per heavy atom. The summed E-state index contributed by atoms with van der Waals surface area (Å²) in [7, 11) is 0. The Labute approximate surface area is 88.4 Å². The molecule has 78 valence electrons. The summed E-state index contributed by atoms with van der Waals surface area (Å²) < 4.78 is 5.38. The van der Waals surface area contributed by atoms with Crippen LogP contribution in [0.2, 0.25) is 0 Å². The zero-order chi connectivity index (χ0) is 10.6. The van der Waals surface area contributed by atoms with Gasteiger partial charge in [0.2, 0.25) is 5.91 Å². The predicted molar refractivity (Wildman–Crippen MR) is 55.3 cm³/mol. The van der Waals surface area contributed by atoms with Gasteiger partial charge in [0, 0.05) is 12.3 Å². The number of aryl methyl sites for hydroxylation is 1. The van der Waals surface area contributed by atoms with Crippen LogP contribution in [-0.4, -0.2) is 11.8 Å². The number of hydrogen-bond donors (Lipinski definition) is 1. The van der Waals surface area contributed by atoms with Crippen molar-refractivity contribution in [3.63, 3.8) is 0 Å². The summed E-state index contributed by atoms with van der Waals surface area (Å²) >= 11 is 5.45. The van der Waals surface area contributed by atoms with Crippen LogP contribution in [0, 0.1) is 6.92 Å². The van der Waals surface area contributed by atoms with E-state index in [0.717, 1.165) is 11.5 Å². The Hall–Kier alpha value is -0.960. The fourth-order valence-corrected chi connectivity index (χ4v) is 1.33. The highest BCUT2D eigenvalue weighted by Crippen LogP contribution is 2.15. The van der Waals surface area contributed by atoms with Gasteiger partial charge in [-0.2, -0.15) is 0 Å². The number of nitrogens with one attached hydrogen (secondary N) is 1. The molecule has 1 N–H and O–H groups in total. The highest BCUT2D eigenvalue weighted by atomic mass is 35.5. The van der Waals surface area contributed by atoms with Crippen LogP contribution in [0.15, 0.2) is 16.5 Å². The standard InChI is InChI=1S/C10H14ClNO2/c1-7-3-4-9(14-7)8(2)12-10(13)5-6-11/h3-4,8H,5-6H2,1-2H3,(H,12,13). The topological polar surface area (TPSA) is 42.2 Å². The number of carbonyl (C=O) groups is 1. The van der Waals surface area contributed by atoms with E-state index in [0.29, 0.717) is 12.3 Å². The van der Waals surface area contributed by atoms with Crippen LogP contribution in [0.3, 0.4) is 0 Å². The van der Waals surface area contributed by atoms with E-state index in [4.69, 9.17) is 16.0 Å². The van der Waals surface area contributed by atoms with E-state index in [1.54, 1.807) is 0 Å². The van der Waals surface area contributed by atoms with Crippen LogP contribution in [0.25, 0.3) is 0 Å². The van der Waals surface area contributed by atoms with Crippen LogP contribution in [-0.2, 0) is 4.79 Å². The second kappa shape index (κ2) is 5.05. The van der Waals surface area contributed by atoms with E-state index >= 15 is 0 Å². The first-order valence-electron chi connectivity index (χ1n) is 4.55. The van der Waals surface area contributed by atoms with E-state index in [9.17, 15) is 4.79 Å². The molecule has 1 aromatic heterocycles. The average molecular weight is 216 g/mol. The lowest BCUT2D eigenvalue weighted by Crippen LogP contribution is -2.26. The molecule has 1 amide bonds. The van der Waals surface area contributed by atoms with Gasteiger partial charge in [0.05, 0.1) is 6.04 Å². The fraction of sp³-hybridized carbons (Fsp3) is 0.500. The van der Waals surface area contributed by atoms with E-state index in [1.807, 2.05) is 26.0 Å². The lowest BCUT2D eigenvalue weighted by molar-refractivity contribution is -0.121. The molecule has 1 aromatic rings. The molecule has 0 aliphatic rings. The fourth-order valence-electron chi connectivity index (χ4n) is 1.16. The predicted octanol–water partition coefficient (Wildman–Crippen LogP) is 2.39. The van der Waals surface area contributed by atoms with Crippen LogP contribution >= 0.6 is 11.6 Å². The normalized spacial score (nSPS) is 12.5. The third-order valence-electron chi connectivity index (χ3n) is 1.89. The largest absolute Gasteiger partial charge is 0.464 e. The van der Waals surface area contributed by atoms with Gasteiger partial charge in [-0.05, 0) is 26.0 Å². The maximum Gasteiger partial charge on any atom is 0.221 e. The zero-order valence-corrected chi connectivity index (χ0v) is 9.10.